The van der Waals surface area contributed by atoms with Gasteiger partial charge in [-0.05, 0) is 18.4 Å². The lowest BCUT2D eigenvalue weighted by Gasteiger charge is -2.25. The van der Waals surface area contributed by atoms with Gasteiger partial charge in [0.25, 0.3) is 0 Å². The highest BCUT2D eigenvalue weighted by Crippen LogP contribution is 2.35. The fourth-order valence-electron chi connectivity index (χ4n) is 2.77. The standard InChI is InChI=1S/C16H16F2N2O4/c17-11-7-12(10-1-2-13(21)19-15(10)14(11)18)24-8-9-3-5-20(6-4-9)16(22)23/h3,7H,1-2,4-6,8H2,(H,19,21)(H,22,23). The van der Waals surface area contributed by atoms with E-state index in [1.165, 1.54) is 4.90 Å². The van der Waals surface area contributed by atoms with Crippen molar-refractivity contribution in [2.75, 3.05) is 25.0 Å². The van der Waals surface area contributed by atoms with Gasteiger partial charge in [-0.3, -0.25) is 4.79 Å². The van der Waals surface area contributed by atoms with Crippen LogP contribution in [0, 0.1) is 11.6 Å². The van der Waals surface area contributed by atoms with E-state index in [9.17, 15) is 18.4 Å². The number of nitrogens with one attached hydrogen (secondary N) is 1. The summed E-state index contributed by atoms with van der Waals surface area (Å²) in [4.78, 5) is 23.5. The molecule has 2 aliphatic rings. The zero-order valence-electron chi connectivity index (χ0n) is 12.8. The molecule has 128 valence electrons. The van der Waals surface area contributed by atoms with Gasteiger partial charge in [0.05, 0.1) is 5.69 Å². The van der Waals surface area contributed by atoms with E-state index in [-0.39, 0.29) is 43.3 Å². The number of carboxylic acid groups (broad SMARTS) is 1. The Hall–Kier alpha value is -2.64. The minimum atomic E-state index is -1.08. The molecule has 1 aromatic carbocycles. The van der Waals surface area contributed by atoms with Crippen molar-refractivity contribution in [2.24, 2.45) is 0 Å². The number of carbonyl (C=O) groups excluding carboxylic acids is 1. The van der Waals surface area contributed by atoms with E-state index in [0.29, 0.717) is 18.5 Å². The molecule has 24 heavy (non-hydrogen) atoms. The summed E-state index contributed by atoms with van der Waals surface area (Å²) in [6, 6.07) is 0.985. The quantitative estimate of drug-likeness (QED) is 0.830. The van der Waals surface area contributed by atoms with E-state index in [4.69, 9.17) is 9.84 Å². The van der Waals surface area contributed by atoms with E-state index in [0.717, 1.165) is 11.6 Å². The van der Waals surface area contributed by atoms with Gasteiger partial charge in [-0.25, -0.2) is 13.6 Å². The molecule has 2 N–H and O–H groups in total. The molecule has 1 aromatic rings. The topological polar surface area (TPSA) is 78.9 Å². The number of carbonyl (C=O) groups is 2. The Bertz CT molecular complexity index is 733. The van der Waals surface area contributed by atoms with Crippen LogP contribution in [0.15, 0.2) is 17.7 Å². The monoisotopic (exact) mass is 338 g/mol. The molecule has 2 amide bonds. The Balaban J connectivity index is 1.75. The lowest BCUT2D eigenvalue weighted by molar-refractivity contribution is -0.116. The molecule has 0 spiro atoms. The highest BCUT2D eigenvalue weighted by atomic mass is 19.2. The van der Waals surface area contributed by atoms with Crippen LogP contribution >= 0.6 is 0 Å². The lowest BCUT2D eigenvalue weighted by Crippen LogP contribution is -2.34. The minimum Gasteiger partial charge on any atom is -0.489 e. The van der Waals surface area contributed by atoms with Gasteiger partial charge >= 0.3 is 6.09 Å². The first-order chi connectivity index (χ1) is 11.5. The number of fused-ring (bicyclic) bond motifs is 1. The van der Waals surface area contributed by atoms with Crippen molar-refractivity contribution in [3.63, 3.8) is 0 Å². The highest BCUT2D eigenvalue weighted by Gasteiger charge is 2.25. The van der Waals surface area contributed by atoms with Crippen LogP contribution < -0.4 is 10.1 Å². The number of ether oxygens (including phenoxy) is 1. The zero-order valence-corrected chi connectivity index (χ0v) is 12.8. The van der Waals surface area contributed by atoms with Gasteiger partial charge in [0.15, 0.2) is 11.6 Å². The van der Waals surface area contributed by atoms with Gasteiger partial charge in [0.2, 0.25) is 5.91 Å². The molecule has 8 heteroatoms. The summed E-state index contributed by atoms with van der Waals surface area (Å²) in [7, 11) is 0. The molecule has 6 nitrogen and oxygen atoms in total. The summed E-state index contributed by atoms with van der Waals surface area (Å²) in [6.45, 7) is 0.815. The third kappa shape index (κ3) is 3.17. The van der Waals surface area contributed by atoms with Crippen LogP contribution in [0.25, 0.3) is 0 Å². The average Bonchev–Trinajstić information content (AvgIpc) is 2.57. The van der Waals surface area contributed by atoms with Crippen molar-refractivity contribution in [2.45, 2.75) is 19.3 Å². The Labute approximate surface area is 136 Å². The van der Waals surface area contributed by atoms with E-state index in [2.05, 4.69) is 5.32 Å². The van der Waals surface area contributed by atoms with Crippen molar-refractivity contribution in [1.82, 2.24) is 4.90 Å². The third-order valence-corrected chi connectivity index (χ3v) is 4.14. The van der Waals surface area contributed by atoms with Crippen molar-refractivity contribution in [3.05, 3.63) is 34.9 Å². The minimum absolute atomic E-state index is 0.157. The molecule has 0 aromatic heterocycles. The molecule has 0 radical (unpaired) electrons. The van der Waals surface area contributed by atoms with Crippen LogP contribution in [-0.4, -0.2) is 41.7 Å². The van der Waals surface area contributed by atoms with Crippen molar-refractivity contribution < 1.29 is 28.2 Å². The van der Waals surface area contributed by atoms with Crippen LogP contribution in [0.3, 0.4) is 0 Å². The largest absolute Gasteiger partial charge is 0.489 e. The molecule has 2 heterocycles. The second-order valence-corrected chi connectivity index (χ2v) is 5.70. The van der Waals surface area contributed by atoms with Crippen molar-refractivity contribution in [3.8, 4) is 5.75 Å². The summed E-state index contributed by atoms with van der Waals surface area (Å²) >= 11 is 0. The summed E-state index contributed by atoms with van der Waals surface area (Å²) in [5, 5.41) is 11.2. The predicted octanol–water partition coefficient (Wildman–Crippen LogP) is 2.54. The fourth-order valence-corrected chi connectivity index (χ4v) is 2.77. The average molecular weight is 338 g/mol. The third-order valence-electron chi connectivity index (χ3n) is 4.14. The number of hydrogen-bond acceptors (Lipinski definition) is 3. The first-order valence-corrected chi connectivity index (χ1v) is 7.55. The SMILES string of the molecule is O=C1CCc2c(OCC3=CCN(C(=O)O)CC3)cc(F)c(F)c2N1. The lowest BCUT2D eigenvalue weighted by atomic mass is 10.0. The van der Waals surface area contributed by atoms with Crippen LogP contribution in [-0.2, 0) is 11.2 Å². The first kappa shape index (κ1) is 16.2. The molecule has 0 aliphatic carbocycles. The van der Waals surface area contributed by atoms with Crippen molar-refractivity contribution >= 4 is 17.7 Å². The maximum Gasteiger partial charge on any atom is 0.407 e. The molecule has 0 saturated heterocycles. The molecule has 0 atom stereocenters. The van der Waals surface area contributed by atoms with E-state index in [1.807, 2.05) is 0 Å². The summed E-state index contributed by atoms with van der Waals surface area (Å²) in [6.07, 6.45) is 1.77. The highest BCUT2D eigenvalue weighted by molar-refractivity contribution is 5.94. The molecular formula is C16H16F2N2O4. The number of rotatable bonds is 3. The zero-order chi connectivity index (χ0) is 17.3. The van der Waals surface area contributed by atoms with E-state index >= 15 is 0 Å². The Kier molecular flexibility index (Phi) is 4.37. The van der Waals surface area contributed by atoms with Gasteiger partial charge in [-0.2, -0.15) is 0 Å². The first-order valence-electron chi connectivity index (χ1n) is 7.55. The molecule has 0 bridgehead atoms. The molecule has 0 saturated carbocycles. The normalized spacial score (nSPS) is 17.0. The van der Waals surface area contributed by atoms with Gasteiger partial charge in [-0.1, -0.05) is 6.08 Å². The number of amides is 2. The Morgan fingerprint density at radius 1 is 1.33 bits per heavy atom. The van der Waals surface area contributed by atoms with Crippen LogP contribution in [0.5, 0.6) is 5.75 Å². The Morgan fingerprint density at radius 3 is 2.79 bits per heavy atom. The maximum absolute atomic E-state index is 13.8. The molecule has 3 rings (SSSR count). The van der Waals surface area contributed by atoms with Crippen LogP contribution in [0.4, 0.5) is 19.3 Å². The van der Waals surface area contributed by atoms with E-state index < -0.39 is 17.7 Å². The predicted molar refractivity (Wildman–Crippen MR) is 81.1 cm³/mol. The summed E-state index contributed by atoms with van der Waals surface area (Å²) in [5.41, 5.74) is 1.18. The molecular weight excluding hydrogens is 322 g/mol. The second kappa shape index (κ2) is 6.46. The Morgan fingerprint density at radius 2 is 2.12 bits per heavy atom. The van der Waals surface area contributed by atoms with Gasteiger partial charge in [0.1, 0.15) is 12.4 Å². The number of anilines is 1. The van der Waals surface area contributed by atoms with Crippen molar-refractivity contribution in [1.29, 1.82) is 0 Å². The maximum atomic E-state index is 13.8. The number of nitrogens with zero attached hydrogens (tertiary/aromatic N) is 1. The van der Waals surface area contributed by atoms with Gasteiger partial charge in [0, 0.05) is 31.1 Å². The number of halogens is 2. The van der Waals surface area contributed by atoms with Gasteiger partial charge in [-0.15, -0.1) is 0 Å². The van der Waals surface area contributed by atoms with Crippen LogP contribution in [0.1, 0.15) is 18.4 Å². The summed E-state index contributed by atoms with van der Waals surface area (Å²) in [5.74, 6) is -2.33. The second-order valence-electron chi connectivity index (χ2n) is 5.70. The van der Waals surface area contributed by atoms with E-state index in [1.54, 1.807) is 6.08 Å². The molecule has 0 unspecified atom stereocenters. The number of hydrogen-bond donors (Lipinski definition) is 2. The summed E-state index contributed by atoms with van der Waals surface area (Å²) < 4.78 is 33.2. The molecule has 0 fully saturated rings. The van der Waals surface area contributed by atoms with Crippen LogP contribution in [0.2, 0.25) is 0 Å². The van der Waals surface area contributed by atoms with Gasteiger partial charge < -0.3 is 20.1 Å². The smallest absolute Gasteiger partial charge is 0.407 e. The molecule has 2 aliphatic heterocycles. The number of benzene rings is 1. The fraction of sp³-hybridized carbons (Fsp3) is 0.375.